The lowest BCUT2D eigenvalue weighted by molar-refractivity contribution is -0.132. The van der Waals surface area contributed by atoms with Crippen LogP contribution in [0.1, 0.15) is 43.7 Å². The van der Waals surface area contributed by atoms with Crippen molar-refractivity contribution in [3.05, 3.63) is 35.4 Å². The van der Waals surface area contributed by atoms with Crippen LogP contribution in [0.3, 0.4) is 0 Å². The number of hydrogen-bond donors (Lipinski definition) is 1. The first-order valence-corrected chi connectivity index (χ1v) is 7.58. The number of nitrogens with zero attached hydrogens (tertiary/aromatic N) is 1. The topological polar surface area (TPSA) is 46.3 Å². The summed E-state index contributed by atoms with van der Waals surface area (Å²) in [4.78, 5) is 14.5. The number of halogens is 1. The van der Waals surface area contributed by atoms with Crippen molar-refractivity contribution in [3.63, 3.8) is 0 Å². The number of aryl methyl sites for hydroxylation is 1. The minimum Gasteiger partial charge on any atom is -0.340 e. The number of amides is 1. The van der Waals surface area contributed by atoms with Gasteiger partial charge >= 0.3 is 0 Å². The molecule has 1 saturated heterocycles. The number of benzene rings is 1. The molecule has 3 unspecified atom stereocenters. The Hall–Kier alpha value is -1.06. The highest BCUT2D eigenvalue weighted by Crippen LogP contribution is 2.27. The molecule has 0 aliphatic carbocycles. The summed E-state index contributed by atoms with van der Waals surface area (Å²) in [6.07, 6.45) is 1.63. The molecule has 1 aliphatic rings. The molecule has 4 heteroatoms. The maximum absolute atomic E-state index is 12.5. The lowest BCUT2D eigenvalue weighted by Crippen LogP contribution is -2.35. The standard InChI is InChI=1S/C17H26N2O.ClH/c1-12-6-4-5-7-16(12)13(2)8-17(20)19-11-15(10-18)9-14(19)3;/h4-7,13-15H,8-11,18H2,1-3H3;1H. The van der Waals surface area contributed by atoms with Gasteiger partial charge in [-0.15, -0.1) is 12.4 Å². The number of rotatable bonds is 4. The first kappa shape index (κ1) is 18.0. The molecule has 1 aliphatic heterocycles. The van der Waals surface area contributed by atoms with Gasteiger partial charge in [-0.25, -0.2) is 0 Å². The van der Waals surface area contributed by atoms with Gasteiger partial charge in [0.05, 0.1) is 0 Å². The SMILES string of the molecule is Cc1ccccc1C(C)CC(=O)N1CC(CN)CC1C.Cl. The average Bonchev–Trinajstić information content (AvgIpc) is 2.80. The Morgan fingerprint density at radius 2 is 2.10 bits per heavy atom. The number of hydrogen-bond acceptors (Lipinski definition) is 2. The van der Waals surface area contributed by atoms with Crippen molar-refractivity contribution in [2.24, 2.45) is 11.7 Å². The van der Waals surface area contributed by atoms with Gasteiger partial charge in [0, 0.05) is 19.0 Å². The van der Waals surface area contributed by atoms with Gasteiger partial charge in [0.2, 0.25) is 5.91 Å². The Kier molecular flexibility index (Phi) is 6.69. The van der Waals surface area contributed by atoms with Gasteiger partial charge in [-0.05, 0) is 49.8 Å². The van der Waals surface area contributed by atoms with E-state index in [1.165, 1.54) is 11.1 Å². The van der Waals surface area contributed by atoms with Gasteiger partial charge in [-0.1, -0.05) is 31.2 Å². The van der Waals surface area contributed by atoms with Crippen LogP contribution >= 0.6 is 12.4 Å². The first-order chi connectivity index (χ1) is 9.52. The Balaban J connectivity index is 0.00000220. The van der Waals surface area contributed by atoms with Crippen LogP contribution in [-0.2, 0) is 4.79 Å². The molecule has 118 valence electrons. The van der Waals surface area contributed by atoms with Crippen LogP contribution < -0.4 is 5.73 Å². The Morgan fingerprint density at radius 3 is 2.67 bits per heavy atom. The molecule has 0 aromatic heterocycles. The first-order valence-electron chi connectivity index (χ1n) is 7.58. The molecule has 0 spiro atoms. The zero-order valence-electron chi connectivity index (χ0n) is 13.2. The normalized spacial score (nSPS) is 22.8. The zero-order valence-corrected chi connectivity index (χ0v) is 14.0. The van der Waals surface area contributed by atoms with Gasteiger partial charge in [0.15, 0.2) is 0 Å². The molecule has 2 N–H and O–H groups in total. The highest BCUT2D eigenvalue weighted by molar-refractivity contribution is 5.85. The third kappa shape index (κ3) is 4.21. The second kappa shape index (κ2) is 7.81. The highest BCUT2D eigenvalue weighted by atomic mass is 35.5. The van der Waals surface area contributed by atoms with Crippen molar-refractivity contribution in [2.75, 3.05) is 13.1 Å². The fraction of sp³-hybridized carbons (Fsp3) is 0.588. The third-order valence-corrected chi connectivity index (χ3v) is 4.52. The number of likely N-dealkylation sites (tertiary alicyclic amines) is 1. The highest BCUT2D eigenvalue weighted by Gasteiger charge is 2.32. The molecule has 1 heterocycles. The lowest BCUT2D eigenvalue weighted by Gasteiger charge is -2.24. The molecule has 1 fully saturated rings. The van der Waals surface area contributed by atoms with Crippen LogP contribution in [0.5, 0.6) is 0 Å². The van der Waals surface area contributed by atoms with Gasteiger partial charge in [0.1, 0.15) is 0 Å². The average molecular weight is 311 g/mol. The summed E-state index contributed by atoms with van der Waals surface area (Å²) in [5, 5.41) is 0. The zero-order chi connectivity index (χ0) is 14.7. The predicted octanol–water partition coefficient (Wildman–Crippen LogP) is 3.11. The van der Waals surface area contributed by atoms with E-state index in [9.17, 15) is 4.79 Å². The van der Waals surface area contributed by atoms with Crippen molar-refractivity contribution >= 4 is 18.3 Å². The van der Waals surface area contributed by atoms with Crippen LogP contribution in [0, 0.1) is 12.8 Å². The van der Waals surface area contributed by atoms with E-state index in [0.717, 1.165) is 13.0 Å². The van der Waals surface area contributed by atoms with Crippen LogP contribution in [0.2, 0.25) is 0 Å². The minimum absolute atomic E-state index is 0. The molecule has 0 bridgehead atoms. The monoisotopic (exact) mass is 310 g/mol. The summed E-state index contributed by atoms with van der Waals surface area (Å²) < 4.78 is 0. The summed E-state index contributed by atoms with van der Waals surface area (Å²) >= 11 is 0. The molecular weight excluding hydrogens is 284 g/mol. The van der Waals surface area contributed by atoms with Gasteiger partial charge < -0.3 is 10.6 Å². The summed E-state index contributed by atoms with van der Waals surface area (Å²) in [6, 6.07) is 8.66. The smallest absolute Gasteiger partial charge is 0.223 e. The van der Waals surface area contributed by atoms with E-state index in [1.54, 1.807) is 0 Å². The molecule has 0 radical (unpaired) electrons. The summed E-state index contributed by atoms with van der Waals surface area (Å²) in [7, 11) is 0. The molecule has 3 nitrogen and oxygen atoms in total. The lowest BCUT2D eigenvalue weighted by atomic mass is 9.93. The van der Waals surface area contributed by atoms with Crippen LogP contribution in [0.15, 0.2) is 24.3 Å². The summed E-state index contributed by atoms with van der Waals surface area (Å²) in [6.45, 7) is 7.89. The van der Waals surface area contributed by atoms with Crippen LogP contribution in [-0.4, -0.2) is 29.9 Å². The van der Waals surface area contributed by atoms with Gasteiger partial charge in [-0.3, -0.25) is 4.79 Å². The minimum atomic E-state index is 0. The van der Waals surface area contributed by atoms with Crippen molar-refractivity contribution in [2.45, 2.75) is 45.6 Å². The Bertz CT molecular complexity index is 478. The van der Waals surface area contributed by atoms with Crippen molar-refractivity contribution < 1.29 is 4.79 Å². The van der Waals surface area contributed by atoms with E-state index in [-0.39, 0.29) is 24.2 Å². The van der Waals surface area contributed by atoms with E-state index in [1.807, 2.05) is 17.0 Å². The van der Waals surface area contributed by atoms with E-state index in [4.69, 9.17) is 5.73 Å². The van der Waals surface area contributed by atoms with E-state index >= 15 is 0 Å². The van der Waals surface area contributed by atoms with Crippen molar-refractivity contribution in [1.82, 2.24) is 4.90 Å². The van der Waals surface area contributed by atoms with Crippen molar-refractivity contribution in [3.8, 4) is 0 Å². The molecule has 2 rings (SSSR count). The van der Waals surface area contributed by atoms with Gasteiger partial charge in [-0.2, -0.15) is 0 Å². The molecule has 3 atom stereocenters. The van der Waals surface area contributed by atoms with Gasteiger partial charge in [0.25, 0.3) is 0 Å². The van der Waals surface area contributed by atoms with Crippen LogP contribution in [0.25, 0.3) is 0 Å². The van der Waals surface area contributed by atoms with E-state index in [0.29, 0.717) is 24.9 Å². The largest absolute Gasteiger partial charge is 0.340 e. The predicted molar refractivity (Wildman–Crippen MR) is 89.8 cm³/mol. The Morgan fingerprint density at radius 1 is 1.43 bits per heavy atom. The van der Waals surface area contributed by atoms with E-state index < -0.39 is 0 Å². The second-order valence-electron chi connectivity index (χ2n) is 6.19. The molecule has 1 aromatic rings. The second-order valence-corrected chi connectivity index (χ2v) is 6.19. The molecular formula is C17H27ClN2O. The third-order valence-electron chi connectivity index (χ3n) is 4.52. The van der Waals surface area contributed by atoms with Crippen LogP contribution in [0.4, 0.5) is 0 Å². The molecule has 1 aromatic carbocycles. The maximum Gasteiger partial charge on any atom is 0.223 e. The fourth-order valence-electron chi connectivity index (χ4n) is 3.29. The molecule has 21 heavy (non-hydrogen) atoms. The molecule has 0 saturated carbocycles. The van der Waals surface area contributed by atoms with Crippen molar-refractivity contribution in [1.29, 1.82) is 0 Å². The maximum atomic E-state index is 12.5. The van der Waals surface area contributed by atoms with E-state index in [2.05, 4.69) is 32.9 Å². The fourth-order valence-corrected chi connectivity index (χ4v) is 3.29. The summed E-state index contributed by atoms with van der Waals surface area (Å²) in [5.74, 6) is 1.01. The number of carbonyl (C=O) groups excluding carboxylic acids is 1. The quantitative estimate of drug-likeness (QED) is 0.929. The molecule has 1 amide bonds. The number of carbonyl (C=O) groups is 1. The summed E-state index contributed by atoms with van der Waals surface area (Å²) in [5.41, 5.74) is 8.28. The number of nitrogens with two attached hydrogens (primary N) is 1. The Labute approximate surface area is 134 Å².